The number of benzene rings is 1. The van der Waals surface area contributed by atoms with E-state index in [0.29, 0.717) is 37.7 Å². The summed E-state index contributed by atoms with van der Waals surface area (Å²) >= 11 is 0. The molecule has 2 aliphatic heterocycles. The molecule has 0 bridgehead atoms. The summed E-state index contributed by atoms with van der Waals surface area (Å²) in [6.45, 7) is 2.10. The normalized spacial score (nSPS) is 19.0. The van der Waals surface area contributed by atoms with Crippen molar-refractivity contribution in [2.45, 2.75) is 12.3 Å². The second-order valence-electron chi connectivity index (χ2n) is 6.49. The molecule has 3 heterocycles. The lowest BCUT2D eigenvalue weighted by molar-refractivity contribution is 0.0696. The van der Waals surface area contributed by atoms with E-state index < -0.39 is 5.97 Å². The lowest BCUT2D eigenvalue weighted by Crippen LogP contribution is -2.46. The van der Waals surface area contributed by atoms with Crippen LogP contribution in [0.3, 0.4) is 0 Å². The monoisotopic (exact) mass is 353 g/mol. The van der Waals surface area contributed by atoms with Crippen LogP contribution < -0.4 is 9.64 Å². The maximum Gasteiger partial charge on any atom is 0.335 e. The van der Waals surface area contributed by atoms with Crippen molar-refractivity contribution in [1.29, 1.82) is 0 Å². The van der Waals surface area contributed by atoms with Gasteiger partial charge in [-0.2, -0.15) is 0 Å². The van der Waals surface area contributed by atoms with Gasteiger partial charge in [0.25, 0.3) is 0 Å². The molecular formula is C19H19N3O4. The highest BCUT2D eigenvalue weighted by atomic mass is 16.5. The van der Waals surface area contributed by atoms with Gasteiger partial charge in [0.05, 0.1) is 17.8 Å². The number of anilines is 1. The lowest BCUT2D eigenvalue weighted by Gasteiger charge is -2.33. The number of carbonyl (C=O) groups is 2. The van der Waals surface area contributed by atoms with Crippen LogP contribution in [0.5, 0.6) is 5.75 Å². The highest BCUT2D eigenvalue weighted by Crippen LogP contribution is 2.35. The highest BCUT2D eigenvalue weighted by molar-refractivity contribution is 5.97. The van der Waals surface area contributed by atoms with Gasteiger partial charge < -0.3 is 14.7 Å². The first-order chi connectivity index (χ1) is 12.6. The number of rotatable bonds is 2. The number of nitrogens with zero attached hydrogens (tertiary/aromatic N) is 3. The summed E-state index contributed by atoms with van der Waals surface area (Å²) in [6.07, 6.45) is 4.48. The van der Waals surface area contributed by atoms with Gasteiger partial charge in [0.1, 0.15) is 12.4 Å². The quantitative estimate of drug-likeness (QED) is 0.897. The van der Waals surface area contributed by atoms with Gasteiger partial charge in [-0.1, -0.05) is 6.07 Å². The fraction of sp³-hybridized carbons (Fsp3) is 0.316. The van der Waals surface area contributed by atoms with Crippen LogP contribution in [0.2, 0.25) is 0 Å². The minimum atomic E-state index is -1.02. The van der Waals surface area contributed by atoms with Gasteiger partial charge in [-0.05, 0) is 36.2 Å². The molecule has 7 heteroatoms. The van der Waals surface area contributed by atoms with E-state index in [1.807, 2.05) is 23.2 Å². The summed E-state index contributed by atoms with van der Waals surface area (Å²) in [6, 6.07) is 8.44. The zero-order chi connectivity index (χ0) is 18.1. The molecular weight excluding hydrogens is 334 g/mol. The van der Waals surface area contributed by atoms with Crippen molar-refractivity contribution < 1.29 is 19.4 Å². The molecule has 134 valence electrons. The van der Waals surface area contributed by atoms with Crippen LogP contribution in [0.4, 0.5) is 10.5 Å². The minimum absolute atomic E-state index is 0.108. The number of aromatic nitrogens is 1. The summed E-state index contributed by atoms with van der Waals surface area (Å²) in [5.41, 5.74) is 1.80. The maximum atomic E-state index is 13.1. The molecule has 1 aromatic heterocycles. The molecule has 1 unspecified atom stereocenters. The Morgan fingerprint density at radius 1 is 1.23 bits per heavy atom. The Kier molecular flexibility index (Phi) is 4.20. The van der Waals surface area contributed by atoms with Crippen molar-refractivity contribution in [2.75, 3.05) is 31.1 Å². The first-order valence-electron chi connectivity index (χ1n) is 8.60. The van der Waals surface area contributed by atoms with Crippen LogP contribution in [0.15, 0.2) is 42.7 Å². The van der Waals surface area contributed by atoms with Crippen molar-refractivity contribution >= 4 is 17.7 Å². The molecule has 7 nitrogen and oxygen atoms in total. The summed E-state index contributed by atoms with van der Waals surface area (Å²) in [7, 11) is 0. The Morgan fingerprint density at radius 2 is 2.12 bits per heavy atom. The molecule has 1 saturated heterocycles. The number of likely N-dealkylation sites (tertiary alicyclic amines) is 1. The Labute approximate surface area is 150 Å². The van der Waals surface area contributed by atoms with Crippen LogP contribution in [0, 0.1) is 0 Å². The smallest absolute Gasteiger partial charge is 0.335 e. The van der Waals surface area contributed by atoms with E-state index in [2.05, 4.69) is 4.98 Å². The standard InChI is InChI=1S/C19H19N3O4/c23-18(24)13-3-4-17-16(10-13)22(8-9-26-17)19(25)21-7-5-15(12-21)14-2-1-6-20-11-14/h1-4,6,10-11,15H,5,7-9,12H2,(H,23,24). The molecule has 4 rings (SSSR count). The number of pyridine rings is 1. The van der Waals surface area contributed by atoms with E-state index in [1.54, 1.807) is 17.2 Å². The molecule has 0 radical (unpaired) electrons. The molecule has 0 saturated carbocycles. The molecule has 26 heavy (non-hydrogen) atoms. The zero-order valence-corrected chi connectivity index (χ0v) is 14.2. The van der Waals surface area contributed by atoms with Gasteiger partial charge >= 0.3 is 12.0 Å². The molecule has 0 spiro atoms. The average molecular weight is 353 g/mol. The molecule has 2 aromatic rings. The zero-order valence-electron chi connectivity index (χ0n) is 14.2. The molecule has 1 aromatic carbocycles. The first kappa shape index (κ1) is 16.4. The van der Waals surface area contributed by atoms with Gasteiger partial charge in [-0.25, -0.2) is 9.59 Å². The molecule has 0 aliphatic carbocycles. The van der Waals surface area contributed by atoms with Crippen molar-refractivity contribution in [3.05, 3.63) is 53.9 Å². The van der Waals surface area contributed by atoms with E-state index in [0.717, 1.165) is 12.0 Å². The Bertz CT molecular complexity index is 840. The number of fused-ring (bicyclic) bond motifs is 1. The van der Waals surface area contributed by atoms with Gasteiger partial charge in [-0.3, -0.25) is 9.88 Å². The second-order valence-corrected chi connectivity index (χ2v) is 6.49. The van der Waals surface area contributed by atoms with Crippen molar-refractivity contribution in [1.82, 2.24) is 9.88 Å². The predicted molar refractivity (Wildman–Crippen MR) is 94.8 cm³/mol. The number of carboxylic acids is 1. The van der Waals surface area contributed by atoms with Crippen LogP contribution in [-0.2, 0) is 0 Å². The highest BCUT2D eigenvalue weighted by Gasteiger charge is 2.33. The van der Waals surface area contributed by atoms with E-state index in [4.69, 9.17) is 4.74 Å². The molecule has 2 amide bonds. The topological polar surface area (TPSA) is 83.0 Å². The fourth-order valence-electron chi connectivity index (χ4n) is 3.54. The Hall–Kier alpha value is -3.09. The van der Waals surface area contributed by atoms with Crippen molar-refractivity contribution in [2.24, 2.45) is 0 Å². The van der Waals surface area contributed by atoms with Crippen molar-refractivity contribution in [3.8, 4) is 5.75 Å². The Balaban J connectivity index is 1.55. The van der Waals surface area contributed by atoms with E-state index in [-0.39, 0.29) is 17.5 Å². The van der Waals surface area contributed by atoms with Crippen LogP contribution in [0.1, 0.15) is 28.3 Å². The van der Waals surface area contributed by atoms with E-state index >= 15 is 0 Å². The van der Waals surface area contributed by atoms with Gasteiger partial charge in [0.2, 0.25) is 0 Å². The van der Waals surface area contributed by atoms with E-state index in [1.165, 1.54) is 12.1 Å². The third-order valence-corrected chi connectivity index (χ3v) is 4.91. The number of carboxylic acid groups (broad SMARTS) is 1. The van der Waals surface area contributed by atoms with Gasteiger partial charge in [-0.15, -0.1) is 0 Å². The number of hydrogen-bond donors (Lipinski definition) is 1. The SMILES string of the molecule is O=C(O)c1ccc2c(c1)N(C(=O)N1CCC(c3cccnc3)C1)CCO2. The molecule has 1 N–H and O–H groups in total. The summed E-state index contributed by atoms with van der Waals surface area (Å²) < 4.78 is 5.58. The fourth-order valence-corrected chi connectivity index (χ4v) is 3.54. The van der Waals surface area contributed by atoms with Gasteiger partial charge in [0.15, 0.2) is 0 Å². The summed E-state index contributed by atoms with van der Waals surface area (Å²) in [5, 5.41) is 9.22. The third-order valence-electron chi connectivity index (χ3n) is 4.91. The largest absolute Gasteiger partial charge is 0.490 e. The number of ether oxygens (including phenoxy) is 1. The van der Waals surface area contributed by atoms with E-state index in [9.17, 15) is 14.7 Å². The average Bonchev–Trinajstić information content (AvgIpc) is 3.17. The second kappa shape index (κ2) is 6.67. The number of hydrogen-bond acceptors (Lipinski definition) is 4. The minimum Gasteiger partial charge on any atom is -0.490 e. The van der Waals surface area contributed by atoms with Crippen molar-refractivity contribution in [3.63, 3.8) is 0 Å². The lowest BCUT2D eigenvalue weighted by atomic mass is 10.0. The summed E-state index contributed by atoms with van der Waals surface area (Å²) in [4.78, 5) is 31.9. The number of carbonyl (C=O) groups excluding carboxylic acids is 1. The molecule has 1 atom stereocenters. The van der Waals surface area contributed by atoms with Gasteiger partial charge in [0, 0.05) is 31.4 Å². The first-order valence-corrected chi connectivity index (χ1v) is 8.60. The summed E-state index contributed by atoms with van der Waals surface area (Å²) in [5.74, 6) is -0.209. The van der Waals surface area contributed by atoms with Crippen LogP contribution in [-0.4, -0.2) is 53.2 Å². The Morgan fingerprint density at radius 3 is 2.88 bits per heavy atom. The number of urea groups is 1. The number of aromatic carboxylic acids is 1. The molecule has 1 fully saturated rings. The van der Waals surface area contributed by atoms with Crippen LogP contribution in [0.25, 0.3) is 0 Å². The molecule has 2 aliphatic rings. The number of amides is 2. The predicted octanol–water partition coefficient (Wildman–Crippen LogP) is 2.59. The third kappa shape index (κ3) is 2.96. The van der Waals surface area contributed by atoms with Crippen LogP contribution >= 0.6 is 0 Å². The maximum absolute atomic E-state index is 13.1.